The van der Waals surface area contributed by atoms with Crippen molar-refractivity contribution in [3.63, 3.8) is 0 Å². The monoisotopic (exact) mass is 804 g/mol. The molecule has 17 heteroatoms. The smallest absolute Gasteiger partial charge is 0.410 e. The van der Waals surface area contributed by atoms with Crippen LogP contribution in [0.15, 0.2) is 52.0 Å². The van der Waals surface area contributed by atoms with Gasteiger partial charge in [-0.3, -0.25) is 9.69 Å². The van der Waals surface area contributed by atoms with Crippen molar-refractivity contribution in [2.24, 2.45) is 4.99 Å². The van der Waals surface area contributed by atoms with Gasteiger partial charge in [0.1, 0.15) is 34.1 Å². The number of ether oxygens (including phenoxy) is 2. The van der Waals surface area contributed by atoms with Gasteiger partial charge in [-0.15, -0.1) is 0 Å². The molecule has 1 N–H and O–H groups in total. The number of fused-ring (bicyclic) bond motifs is 1. The molecule has 5 heterocycles. The first kappa shape index (κ1) is 41.7. The third-order valence-corrected chi connectivity index (χ3v) is 13.0. The molecule has 0 unspecified atom stereocenters. The first-order valence-corrected chi connectivity index (χ1v) is 21.0. The van der Waals surface area contributed by atoms with Crippen LogP contribution >= 0.6 is 0 Å². The van der Waals surface area contributed by atoms with Crippen LogP contribution in [0.25, 0.3) is 10.9 Å². The molecule has 2 saturated heterocycles. The number of anilines is 1. The molecule has 308 valence electrons. The van der Waals surface area contributed by atoms with E-state index in [-0.39, 0.29) is 34.4 Å². The Bertz CT molecular complexity index is 2150. The zero-order valence-electron chi connectivity index (χ0n) is 34.6. The van der Waals surface area contributed by atoms with Crippen LogP contribution in [0.3, 0.4) is 0 Å². The second kappa shape index (κ2) is 16.5. The molecule has 3 aliphatic rings. The topological polar surface area (TPSA) is 176 Å². The van der Waals surface area contributed by atoms with Gasteiger partial charge in [0.15, 0.2) is 15.7 Å². The molecule has 2 fully saturated rings. The number of piperazine rings is 2. The maximum absolute atomic E-state index is 13.9. The number of hydrogen-bond acceptors (Lipinski definition) is 14. The number of allylic oxidation sites excluding steroid dienone is 1. The van der Waals surface area contributed by atoms with E-state index >= 15 is 0 Å². The molecule has 57 heavy (non-hydrogen) atoms. The zero-order chi connectivity index (χ0) is 41.3. The molecule has 3 aromatic rings. The van der Waals surface area contributed by atoms with Crippen LogP contribution in [0.4, 0.5) is 16.4 Å². The highest BCUT2D eigenvalue weighted by atomic mass is 32.2. The zero-order valence-corrected chi connectivity index (χ0v) is 35.4. The molecule has 2 aromatic heterocycles. The first-order chi connectivity index (χ1) is 26.8. The largest absolute Gasteiger partial charge is 0.492 e. The fraction of sp³-hybridized carbons (Fsp3) is 0.575. The van der Waals surface area contributed by atoms with Crippen molar-refractivity contribution in [3.05, 3.63) is 47.8 Å². The summed E-state index contributed by atoms with van der Waals surface area (Å²) in [5.41, 5.74) is 3.19. The molecule has 1 aromatic carbocycles. The second-order valence-electron chi connectivity index (χ2n) is 16.9. The fourth-order valence-corrected chi connectivity index (χ4v) is 8.22. The number of carbonyl (C=O) groups excluding carboxylic acids is 2. The Morgan fingerprint density at radius 1 is 0.947 bits per heavy atom. The number of aromatic nitrogens is 4. The van der Waals surface area contributed by atoms with E-state index in [1.165, 1.54) is 12.5 Å². The lowest BCUT2D eigenvalue weighted by atomic mass is 10.2. The SMILES string of the molecule is CC1=C(C)C(=Nc2ncnc3cc(OCCCN4CCN(c5cnc(C(=O)N6CCN(C(=O)OC(C)(C)C)[C@H](C)C6)cn5)CC4)c(S(=O)(=O)C(C)(C)C)cc23)CN1. The van der Waals surface area contributed by atoms with E-state index < -0.39 is 20.2 Å². The van der Waals surface area contributed by atoms with Crippen LogP contribution < -0.4 is 15.0 Å². The van der Waals surface area contributed by atoms with E-state index in [1.54, 1.807) is 48.9 Å². The number of sulfone groups is 1. The number of aliphatic imine (C=N–C) groups is 1. The summed E-state index contributed by atoms with van der Waals surface area (Å²) in [4.78, 5) is 56.5. The van der Waals surface area contributed by atoms with Crippen LogP contribution in [0.2, 0.25) is 0 Å². The summed E-state index contributed by atoms with van der Waals surface area (Å²) >= 11 is 0. The average molecular weight is 805 g/mol. The standard InChI is InChI=1S/C40H56N10O6S/c1-26-24-49(16-17-50(26)38(52)56-39(4,5)6)37(51)32-22-43-35(23-42-32)48-14-12-47(13-15-48)11-10-18-55-33-20-30-29(19-34(33)57(53,54)40(7,8)9)36(45-25-44-30)46-31-21-41-28(3)27(31)2/h19-20,22-23,25-26,41H,10-18,21,24H2,1-9H3/t26-/m1/s1. The van der Waals surface area contributed by atoms with E-state index in [0.717, 1.165) is 49.7 Å². The summed E-state index contributed by atoms with van der Waals surface area (Å²) in [7, 11) is -3.79. The molecule has 0 bridgehead atoms. The summed E-state index contributed by atoms with van der Waals surface area (Å²) in [5, 5.41) is 3.84. The predicted molar refractivity (Wildman–Crippen MR) is 219 cm³/mol. The minimum absolute atomic E-state index is 0.101. The summed E-state index contributed by atoms with van der Waals surface area (Å²) in [6.07, 6.45) is 4.93. The van der Waals surface area contributed by atoms with Crippen LogP contribution in [-0.4, -0.2) is 143 Å². The Hall–Kier alpha value is -4.90. The van der Waals surface area contributed by atoms with E-state index in [9.17, 15) is 18.0 Å². The van der Waals surface area contributed by atoms with Crippen molar-refractivity contribution in [2.75, 3.05) is 70.4 Å². The predicted octanol–water partition coefficient (Wildman–Crippen LogP) is 4.63. The minimum atomic E-state index is -3.79. The van der Waals surface area contributed by atoms with Gasteiger partial charge >= 0.3 is 6.09 Å². The Labute approximate surface area is 335 Å². The molecule has 2 amide bonds. The molecule has 0 aliphatic carbocycles. The van der Waals surface area contributed by atoms with E-state index in [0.29, 0.717) is 61.7 Å². The summed E-state index contributed by atoms with van der Waals surface area (Å²) in [6.45, 7) is 22.3. The quantitative estimate of drug-likeness (QED) is 0.297. The third kappa shape index (κ3) is 9.46. The number of hydrogen-bond donors (Lipinski definition) is 1. The van der Waals surface area contributed by atoms with Gasteiger partial charge in [0.2, 0.25) is 0 Å². The highest BCUT2D eigenvalue weighted by molar-refractivity contribution is 7.92. The molecule has 0 radical (unpaired) electrons. The van der Waals surface area contributed by atoms with Crippen molar-refractivity contribution < 1.29 is 27.5 Å². The van der Waals surface area contributed by atoms with Gasteiger partial charge in [-0.1, -0.05) is 0 Å². The Balaban J connectivity index is 1.02. The van der Waals surface area contributed by atoms with Crippen LogP contribution in [-0.2, 0) is 14.6 Å². The van der Waals surface area contributed by atoms with E-state index in [1.807, 2.05) is 41.5 Å². The molecule has 16 nitrogen and oxygen atoms in total. The molecule has 6 rings (SSSR count). The van der Waals surface area contributed by atoms with E-state index in [4.69, 9.17) is 14.5 Å². The van der Waals surface area contributed by atoms with E-state index in [2.05, 4.69) is 35.1 Å². The van der Waals surface area contributed by atoms with Gasteiger partial charge in [-0.05, 0) is 80.4 Å². The number of carbonyl (C=O) groups is 2. The van der Waals surface area contributed by atoms with Crippen molar-refractivity contribution in [1.29, 1.82) is 0 Å². The molecular weight excluding hydrogens is 749 g/mol. The number of amides is 2. The fourth-order valence-electron chi connectivity index (χ4n) is 6.90. The highest BCUT2D eigenvalue weighted by Gasteiger charge is 2.35. The van der Waals surface area contributed by atoms with Gasteiger partial charge in [0, 0.05) is 75.5 Å². The van der Waals surface area contributed by atoms with Crippen molar-refractivity contribution in [2.45, 2.75) is 90.0 Å². The number of benzene rings is 1. The Morgan fingerprint density at radius 2 is 1.68 bits per heavy atom. The van der Waals surface area contributed by atoms with Gasteiger partial charge < -0.3 is 29.5 Å². The van der Waals surface area contributed by atoms with Gasteiger partial charge in [-0.25, -0.2) is 38.1 Å². The average Bonchev–Trinajstić information content (AvgIpc) is 3.47. The highest BCUT2D eigenvalue weighted by Crippen LogP contribution is 2.37. The normalized spacial score (nSPS) is 19.4. The number of nitrogens with one attached hydrogen (secondary N) is 1. The summed E-state index contributed by atoms with van der Waals surface area (Å²) < 4.78 is 38.4. The summed E-state index contributed by atoms with van der Waals surface area (Å²) in [5.74, 6) is 1.18. The minimum Gasteiger partial charge on any atom is -0.492 e. The summed E-state index contributed by atoms with van der Waals surface area (Å²) in [6, 6.07) is 3.11. The maximum atomic E-state index is 13.9. The second-order valence-corrected chi connectivity index (χ2v) is 19.5. The molecule has 3 aliphatic heterocycles. The Morgan fingerprint density at radius 3 is 2.30 bits per heavy atom. The van der Waals surface area contributed by atoms with Gasteiger partial charge in [0.05, 0.1) is 41.5 Å². The maximum Gasteiger partial charge on any atom is 0.410 e. The third-order valence-electron chi connectivity index (χ3n) is 10.5. The molecule has 0 spiro atoms. The molecular formula is C40H56N10O6S. The van der Waals surface area contributed by atoms with Gasteiger partial charge in [0.25, 0.3) is 5.91 Å². The van der Waals surface area contributed by atoms with Crippen molar-refractivity contribution in [1.82, 2.24) is 40.0 Å². The van der Waals surface area contributed by atoms with Crippen LogP contribution in [0, 0.1) is 0 Å². The number of nitrogens with zero attached hydrogens (tertiary/aromatic N) is 9. The number of rotatable bonds is 9. The van der Waals surface area contributed by atoms with Crippen LogP contribution in [0.5, 0.6) is 5.75 Å². The van der Waals surface area contributed by atoms with Gasteiger partial charge in [-0.2, -0.15) is 0 Å². The molecule has 1 atom stereocenters. The lowest BCUT2D eigenvalue weighted by Crippen LogP contribution is -2.56. The first-order valence-electron chi connectivity index (χ1n) is 19.6. The Kier molecular flexibility index (Phi) is 12.1. The van der Waals surface area contributed by atoms with Crippen molar-refractivity contribution in [3.8, 4) is 5.75 Å². The van der Waals surface area contributed by atoms with Crippen molar-refractivity contribution >= 4 is 50.1 Å². The lowest BCUT2D eigenvalue weighted by molar-refractivity contribution is 0.00189. The molecule has 0 saturated carbocycles. The lowest BCUT2D eigenvalue weighted by Gasteiger charge is -2.40. The van der Waals surface area contributed by atoms with Crippen LogP contribution in [0.1, 0.15) is 79.2 Å².